The molecule has 2 aromatic carbocycles. The summed E-state index contributed by atoms with van der Waals surface area (Å²) in [6.45, 7) is 0. The van der Waals surface area contributed by atoms with E-state index in [9.17, 15) is 9.18 Å². The average Bonchev–Trinajstić information content (AvgIpc) is 2.35. The van der Waals surface area contributed by atoms with Gasteiger partial charge in [-0.15, -0.1) is 0 Å². The van der Waals surface area contributed by atoms with Gasteiger partial charge in [0.05, 0.1) is 16.3 Å². The van der Waals surface area contributed by atoms with E-state index in [1.54, 1.807) is 12.1 Å². The van der Waals surface area contributed by atoms with E-state index in [0.29, 0.717) is 21.4 Å². The summed E-state index contributed by atoms with van der Waals surface area (Å²) in [5, 5.41) is 2.73. The van der Waals surface area contributed by atoms with Gasteiger partial charge < -0.3 is 11.1 Å². The lowest BCUT2D eigenvalue weighted by Gasteiger charge is -2.09. The summed E-state index contributed by atoms with van der Waals surface area (Å²) >= 11 is 9.11. The van der Waals surface area contributed by atoms with Crippen LogP contribution in [0, 0.1) is 5.82 Å². The van der Waals surface area contributed by atoms with Gasteiger partial charge in [0.1, 0.15) is 5.82 Å². The maximum Gasteiger partial charge on any atom is 0.256 e. The predicted octanol–water partition coefficient (Wildman–Crippen LogP) is 4.08. The number of nitrogens with two attached hydrogens (primary N) is 1. The van der Waals surface area contributed by atoms with E-state index in [2.05, 4.69) is 21.2 Å². The van der Waals surface area contributed by atoms with E-state index in [1.165, 1.54) is 18.2 Å². The Morgan fingerprint density at radius 1 is 1.26 bits per heavy atom. The molecular weight excluding hydrogens is 335 g/mol. The Bertz CT molecular complexity index is 649. The van der Waals surface area contributed by atoms with Crippen molar-refractivity contribution in [2.24, 2.45) is 0 Å². The normalized spacial score (nSPS) is 10.3. The van der Waals surface area contributed by atoms with Crippen molar-refractivity contribution < 1.29 is 9.18 Å². The summed E-state index contributed by atoms with van der Waals surface area (Å²) in [4.78, 5) is 12.1. The molecule has 98 valence electrons. The Hall–Kier alpha value is -1.59. The van der Waals surface area contributed by atoms with Gasteiger partial charge in [0.2, 0.25) is 0 Å². The fraction of sp³-hybridized carbons (Fsp3) is 0. The second kappa shape index (κ2) is 5.59. The Kier molecular flexibility index (Phi) is 4.07. The number of nitrogens with one attached hydrogen (secondary N) is 1. The monoisotopic (exact) mass is 342 g/mol. The number of hydrogen-bond donors (Lipinski definition) is 2. The van der Waals surface area contributed by atoms with Gasteiger partial charge in [-0.25, -0.2) is 4.39 Å². The van der Waals surface area contributed by atoms with Gasteiger partial charge in [-0.05, 0) is 52.3 Å². The number of rotatable bonds is 2. The lowest BCUT2D eigenvalue weighted by atomic mass is 10.2. The van der Waals surface area contributed by atoms with E-state index in [-0.39, 0.29) is 10.9 Å². The molecule has 0 spiro atoms. The van der Waals surface area contributed by atoms with Crippen molar-refractivity contribution >= 4 is 44.8 Å². The fourth-order valence-corrected chi connectivity index (χ4v) is 2.14. The van der Waals surface area contributed by atoms with E-state index >= 15 is 0 Å². The largest absolute Gasteiger partial charge is 0.399 e. The maximum atomic E-state index is 12.9. The first-order valence-electron chi connectivity index (χ1n) is 5.29. The third-order valence-corrected chi connectivity index (χ3v) is 3.42. The number of nitrogen functional groups attached to an aromatic ring is 1. The van der Waals surface area contributed by atoms with Crippen LogP contribution in [0.1, 0.15) is 10.4 Å². The Morgan fingerprint density at radius 2 is 2.00 bits per heavy atom. The quantitative estimate of drug-likeness (QED) is 0.807. The van der Waals surface area contributed by atoms with Gasteiger partial charge in [0, 0.05) is 10.2 Å². The van der Waals surface area contributed by atoms with Crippen molar-refractivity contribution in [1.82, 2.24) is 0 Å². The van der Waals surface area contributed by atoms with E-state index in [1.807, 2.05) is 0 Å². The van der Waals surface area contributed by atoms with Gasteiger partial charge >= 0.3 is 0 Å². The molecule has 3 N–H and O–H groups in total. The number of carbonyl (C=O) groups excluding carboxylic acids is 1. The molecule has 0 aliphatic heterocycles. The van der Waals surface area contributed by atoms with Gasteiger partial charge in [-0.2, -0.15) is 0 Å². The van der Waals surface area contributed by atoms with Crippen LogP contribution in [0.3, 0.4) is 0 Å². The zero-order valence-electron chi connectivity index (χ0n) is 9.58. The highest BCUT2D eigenvalue weighted by Crippen LogP contribution is 2.25. The van der Waals surface area contributed by atoms with Crippen molar-refractivity contribution in [1.29, 1.82) is 0 Å². The molecule has 0 aliphatic carbocycles. The number of halogens is 3. The molecule has 0 aromatic heterocycles. The molecule has 0 atom stereocenters. The van der Waals surface area contributed by atoms with Crippen LogP contribution in [0.2, 0.25) is 5.02 Å². The zero-order chi connectivity index (χ0) is 14.0. The van der Waals surface area contributed by atoms with Crippen LogP contribution < -0.4 is 11.1 Å². The molecule has 0 unspecified atom stereocenters. The van der Waals surface area contributed by atoms with Crippen LogP contribution in [0.25, 0.3) is 0 Å². The maximum absolute atomic E-state index is 12.9. The van der Waals surface area contributed by atoms with Crippen LogP contribution in [-0.2, 0) is 0 Å². The lowest BCUT2D eigenvalue weighted by molar-refractivity contribution is 0.102. The van der Waals surface area contributed by atoms with Crippen LogP contribution in [0.5, 0.6) is 0 Å². The highest BCUT2D eigenvalue weighted by Gasteiger charge is 2.12. The minimum absolute atomic E-state index is 0.133. The number of hydrogen-bond acceptors (Lipinski definition) is 2. The summed E-state index contributed by atoms with van der Waals surface area (Å²) in [6.07, 6.45) is 0. The van der Waals surface area contributed by atoms with Crippen LogP contribution in [-0.4, -0.2) is 5.91 Å². The fourth-order valence-electron chi connectivity index (χ4n) is 1.50. The molecule has 0 aliphatic rings. The molecule has 3 nitrogen and oxygen atoms in total. The third-order valence-electron chi connectivity index (χ3n) is 2.41. The summed E-state index contributed by atoms with van der Waals surface area (Å²) in [5.41, 5.74) is 6.81. The first-order chi connectivity index (χ1) is 8.97. The highest BCUT2D eigenvalue weighted by molar-refractivity contribution is 9.10. The molecule has 0 fully saturated rings. The molecule has 19 heavy (non-hydrogen) atoms. The van der Waals surface area contributed by atoms with Gasteiger partial charge in [-0.3, -0.25) is 4.79 Å². The smallest absolute Gasteiger partial charge is 0.256 e. The Labute approximate surface area is 122 Å². The molecule has 0 bridgehead atoms. The van der Waals surface area contributed by atoms with Crippen molar-refractivity contribution in [3.63, 3.8) is 0 Å². The summed E-state index contributed by atoms with van der Waals surface area (Å²) in [6, 6.07) is 8.64. The lowest BCUT2D eigenvalue weighted by Crippen LogP contribution is -2.13. The van der Waals surface area contributed by atoms with Crippen molar-refractivity contribution in [2.45, 2.75) is 0 Å². The first-order valence-corrected chi connectivity index (χ1v) is 6.46. The van der Waals surface area contributed by atoms with Crippen molar-refractivity contribution in [3.05, 3.63) is 57.3 Å². The van der Waals surface area contributed by atoms with Crippen molar-refractivity contribution in [3.8, 4) is 0 Å². The molecule has 6 heteroatoms. The minimum Gasteiger partial charge on any atom is -0.399 e. The predicted molar refractivity (Wildman–Crippen MR) is 77.9 cm³/mol. The van der Waals surface area contributed by atoms with Gasteiger partial charge in [-0.1, -0.05) is 11.6 Å². The van der Waals surface area contributed by atoms with E-state index < -0.39 is 5.82 Å². The molecule has 2 aromatic rings. The van der Waals surface area contributed by atoms with Crippen LogP contribution >= 0.6 is 27.5 Å². The molecule has 0 saturated carbocycles. The summed E-state index contributed by atoms with van der Waals surface area (Å²) in [5.74, 6) is -0.846. The standard InChI is InChI=1S/C13H9BrClFN2O/c14-10-3-2-8(17)6-9(10)13(19)18-12-4-1-7(16)5-11(12)15/h1-6H,17H2,(H,18,19). The summed E-state index contributed by atoms with van der Waals surface area (Å²) in [7, 11) is 0. The molecular formula is C13H9BrClFN2O. The molecule has 0 radical (unpaired) electrons. The van der Waals surface area contributed by atoms with Crippen LogP contribution in [0.15, 0.2) is 40.9 Å². The molecule has 2 rings (SSSR count). The Morgan fingerprint density at radius 3 is 2.68 bits per heavy atom. The topological polar surface area (TPSA) is 55.1 Å². The number of anilines is 2. The highest BCUT2D eigenvalue weighted by atomic mass is 79.9. The second-order valence-corrected chi connectivity index (χ2v) is 5.08. The third kappa shape index (κ3) is 3.24. The zero-order valence-corrected chi connectivity index (χ0v) is 11.9. The number of amides is 1. The summed E-state index contributed by atoms with van der Waals surface area (Å²) < 4.78 is 13.5. The molecule has 0 heterocycles. The minimum atomic E-state index is -0.465. The van der Waals surface area contributed by atoms with E-state index in [4.69, 9.17) is 17.3 Å². The average molecular weight is 344 g/mol. The van der Waals surface area contributed by atoms with Crippen LogP contribution in [0.4, 0.5) is 15.8 Å². The van der Waals surface area contributed by atoms with Gasteiger partial charge in [0.15, 0.2) is 0 Å². The Balaban J connectivity index is 2.28. The molecule has 1 amide bonds. The van der Waals surface area contributed by atoms with Gasteiger partial charge in [0.25, 0.3) is 5.91 Å². The van der Waals surface area contributed by atoms with E-state index in [0.717, 1.165) is 6.07 Å². The number of carbonyl (C=O) groups is 1. The first kappa shape index (κ1) is 13.8. The second-order valence-electron chi connectivity index (χ2n) is 3.82. The number of benzene rings is 2. The molecule has 0 saturated heterocycles. The SMILES string of the molecule is Nc1ccc(Br)c(C(=O)Nc2ccc(F)cc2Cl)c1. The van der Waals surface area contributed by atoms with Crippen molar-refractivity contribution in [2.75, 3.05) is 11.1 Å².